The van der Waals surface area contributed by atoms with Crippen LogP contribution in [0.3, 0.4) is 0 Å². The molecule has 0 bridgehead atoms. The number of H-pyrrole nitrogens is 1. The molecule has 1 nitrogen and oxygen atoms in total. The third-order valence-corrected chi connectivity index (χ3v) is 3.74. The van der Waals surface area contributed by atoms with Crippen molar-refractivity contribution in [3.63, 3.8) is 0 Å². The van der Waals surface area contributed by atoms with Crippen LogP contribution in [0.25, 0.3) is 10.9 Å². The minimum atomic E-state index is 0.0397. The van der Waals surface area contributed by atoms with Crippen molar-refractivity contribution in [3.8, 4) is 0 Å². The van der Waals surface area contributed by atoms with Crippen molar-refractivity contribution in [1.82, 2.24) is 4.98 Å². The molecule has 1 aromatic carbocycles. The standard InChI is InChI=1S/C16H22ClN/c1-15(2,3)10-7-8-11-12(9-10)18-14(13(11)17)16(4,5)6/h7-9,18H,1-6H3. The first-order valence-electron chi connectivity index (χ1n) is 6.43. The van der Waals surface area contributed by atoms with Crippen molar-refractivity contribution >= 4 is 22.5 Å². The molecule has 1 aromatic heterocycles. The molecule has 0 saturated carbocycles. The lowest BCUT2D eigenvalue weighted by Gasteiger charge is -2.18. The molecule has 2 rings (SSSR count). The Kier molecular flexibility index (Phi) is 3.02. The highest BCUT2D eigenvalue weighted by atomic mass is 35.5. The van der Waals surface area contributed by atoms with E-state index < -0.39 is 0 Å². The van der Waals surface area contributed by atoms with Gasteiger partial charge >= 0.3 is 0 Å². The van der Waals surface area contributed by atoms with Crippen molar-refractivity contribution in [1.29, 1.82) is 0 Å². The van der Waals surface area contributed by atoms with E-state index in [-0.39, 0.29) is 10.8 Å². The van der Waals surface area contributed by atoms with Gasteiger partial charge in [-0.1, -0.05) is 65.3 Å². The zero-order valence-electron chi connectivity index (χ0n) is 12.1. The molecule has 0 amide bonds. The summed E-state index contributed by atoms with van der Waals surface area (Å²) < 4.78 is 0. The molecule has 0 atom stereocenters. The summed E-state index contributed by atoms with van der Waals surface area (Å²) in [7, 11) is 0. The Morgan fingerprint density at radius 2 is 1.56 bits per heavy atom. The van der Waals surface area contributed by atoms with E-state index in [0.717, 1.165) is 21.6 Å². The van der Waals surface area contributed by atoms with Crippen molar-refractivity contribution in [2.75, 3.05) is 0 Å². The van der Waals surface area contributed by atoms with Crippen LogP contribution in [0.4, 0.5) is 0 Å². The van der Waals surface area contributed by atoms with Crippen LogP contribution in [0.5, 0.6) is 0 Å². The molecule has 0 unspecified atom stereocenters. The maximum absolute atomic E-state index is 6.48. The van der Waals surface area contributed by atoms with Crippen molar-refractivity contribution in [3.05, 3.63) is 34.5 Å². The van der Waals surface area contributed by atoms with E-state index in [1.165, 1.54) is 5.56 Å². The number of aromatic nitrogens is 1. The fourth-order valence-corrected chi connectivity index (χ4v) is 2.64. The van der Waals surface area contributed by atoms with Gasteiger partial charge in [0.05, 0.1) is 5.02 Å². The van der Waals surface area contributed by atoms with Crippen LogP contribution in [0.15, 0.2) is 18.2 Å². The molecule has 1 heterocycles. The largest absolute Gasteiger partial charge is 0.357 e. The molecule has 0 aliphatic heterocycles. The number of aromatic amines is 1. The highest BCUT2D eigenvalue weighted by Crippen LogP contribution is 2.36. The minimum absolute atomic E-state index is 0.0397. The predicted octanol–water partition coefficient (Wildman–Crippen LogP) is 5.42. The summed E-state index contributed by atoms with van der Waals surface area (Å²) in [5.41, 5.74) is 3.78. The summed E-state index contributed by atoms with van der Waals surface area (Å²) in [6, 6.07) is 6.52. The molecule has 0 fully saturated rings. The van der Waals surface area contributed by atoms with E-state index in [4.69, 9.17) is 11.6 Å². The molecular formula is C16H22ClN. The van der Waals surface area contributed by atoms with E-state index >= 15 is 0 Å². The van der Waals surface area contributed by atoms with Crippen molar-refractivity contribution in [2.45, 2.75) is 52.4 Å². The Morgan fingerprint density at radius 1 is 0.944 bits per heavy atom. The lowest BCUT2D eigenvalue weighted by atomic mass is 9.87. The van der Waals surface area contributed by atoms with Crippen LogP contribution in [0.1, 0.15) is 52.8 Å². The number of benzene rings is 1. The molecule has 0 spiro atoms. The van der Waals surface area contributed by atoms with Crippen LogP contribution >= 0.6 is 11.6 Å². The number of hydrogen-bond donors (Lipinski definition) is 1. The maximum Gasteiger partial charge on any atom is 0.0697 e. The zero-order chi connectivity index (χ0) is 13.7. The Bertz CT molecular complexity index is 579. The lowest BCUT2D eigenvalue weighted by Crippen LogP contribution is -2.12. The molecule has 98 valence electrons. The molecule has 2 heteroatoms. The highest BCUT2D eigenvalue weighted by molar-refractivity contribution is 6.36. The smallest absolute Gasteiger partial charge is 0.0697 e. The van der Waals surface area contributed by atoms with E-state index in [2.05, 4.69) is 64.7 Å². The average Bonchev–Trinajstić information content (AvgIpc) is 2.54. The van der Waals surface area contributed by atoms with Gasteiger partial charge in [0.1, 0.15) is 0 Å². The van der Waals surface area contributed by atoms with Crippen LogP contribution in [0, 0.1) is 0 Å². The molecular weight excluding hydrogens is 242 g/mol. The van der Waals surface area contributed by atoms with Gasteiger partial charge in [-0.25, -0.2) is 0 Å². The average molecular weight is 264 g/mol. The Hall–Kier alpha value is -0.950. The SMILES string of the molecule is CC(C)(C)c1ccc2c(Cl)c(C(C)(C)C)[nH]c2c1. The van der Waals surface area contributed by atoms with Gasteiger partial charge in [-0.2, -0.15) is 0 Å². The third-order valence-electron chi connectivity index (χ3n) is 3.35. The van der Waals surface area contributed by atoms with Gasteiger partial charge in [-0.05, 0) is 17.0 Å². The van der Waals surface area contributed by atoms with Gasteiger partial charge in [0.15, 0.2) is 0 Å². The van der Waals surface area contributed by atoms with E-state index in [1.807, 2.05) is 0 Å². The molecule has 0 saturated heterocycles. The quantitative estimate of drug-likeness (QED) is 0.654. The van der Waals surface area contributed by atoms with Gasteiger partial charge in [-0.3, -0.25) is 0 Å². The van der Waals surface area contributed by atoms with Crippen LogP contribution in [-0.4, -0.2) is 4.98 Å². The van der Waals surface area contributed by atoms with Gasteiger partial charge in [0.2, 0.25) is 0 Å². The number of rotatable bonds is 0. The summed E-state index contributed by atoms with van der Waals surface area (Å²) in [6.45, 7) is 13.2. The summed E-state index contributed by atoms with van der Waals surface area (Å²) in [5.74, 6) is 0. The molecule has 0 aliphatic rings. The summed E-state index contributed by atoms with van der Waals surface area (Å²) in [6.07, 6.45) is 0. The fraction of sp³-hybridized carbons (Fsp3) is 0.500. The van der Waals surface area contributed by atoms with Gasteiger partial charge in [0, 0.05) is 22.0 Å². The molecule has 2 aromatic rings. The number of hydrogen-bond acceptors (Lipinski definition) is 0. The molecule has 0 aliphatic carbocycles. The third kappa shape index (κ3) is 2.29. The summed E-state index contributed by atoms with van der Waals surface area (Å²) >= 11 is 6.48. The number of fused-ring (bicyclic) bond motifs is 1. The van der Waals surface area contributed by atoms with Crippen LogP contribution < -0.4 is 0 Å². The second kappa shape index (κ2) is 4.03. The second-order valence-corrected chi connectivity index (χ2v) is 7.45. The molecule has 0 radical (unpaired) electrons. The Labute approximate surface area is 115 Å². The second-order valence-electron chi connectivity index (χ2n) is 7.07. The highest BCUT2D eigenvalue weighted by Gasteiger charge is 2.22. The maximum atomic E-state index is 6.48. The first-order valence-corrected chi connectivity index (χ1v) is 6.80. The first-order chi connectivity index (χ1) is 8.10. The minimum Gasteiger partial charge on any atom is -0.357 e. The summed E-state index contributed by atoms with van der Waals surface area (Å²) in [5, 5.41) is 1.98. The Morgan fingerprint density at radius 3 is 2.06 bits per heavy atom. The van der Waals surface area contributed by atoms with Gasteiger partial charge in [-0.15, -0.1) is 0 Å². The first kappa shape index (κ1) is 13.5. The molecule has 18 heavy (non-hydrogen) atoms. The van der Waals surface area contributed by atoms with Gasteiger partial charge < -0.3 is 4.98 Å². The fourth-order valence-electron chi connectivity index (χ4n) is 2.15. The van der Waals surface area contributed by atoms with Crippen LogP contribution in [0.2, 0.25) is 5.02 Å². The van der Waals surface area contributed by atoms with E-state index in [1.54, 1.807) is 0 Å². The van der Waals surface area contributed by atoms with E-state index in [9.17, 15) is 0 Å². The van der Waals surface area contributed by atoms with Crippen LogP contribution in [-0.2, 0) is 10.8 Å². The normalized spacial score (nSPS) is 13.3. The summed E-state index contributed by atoms with van der Waals surface area (Å²) in [4.78, 5) is 3.48. The van der Waals surface area contributed by atoms with Crippen molar-refractivity contribution < 1.29 is 0 Å². The Balaban J connectivity index is 2.67. The van der Waals surface area contributed by atoms with Gasteiger partial charge in [0.25, 0.3) is 0 Å². The predicted molar refractivity (Wildman–Crippen MR) is 80.7 cm³/mol. The number of halogens is 1. The van der Waals surface area contributed by atoms with Crippen molar-refractivity contribution in [2.24, 2.45) is 0 Å². The zero-order valence-corrected chi connectivity index (χ0v) is 12.9. The molecule has 1 N–H and O–H groups in total. The lowest BCUT2D eigenvalue weighted by molar-refractivity contribution is 0.574. The van der Waals surface area contributed by atoms with E-state index in [0.29, 0.717) is 0 Å². The number of nitrogens with one attached hydrogen (secondary N) is 1. The monoisotopic (exact) mass is 263 g/mol. The topological polar surface area (TPSA) is 15.8 Å².